The molecule has 1 amide bonds. The molecular formula is C16H25N3O3. The molecule has 0 radical (unpaired) electrons. The molecule has 1 aromatic rings. The summed E-state index contributed by atoms with van der Waals surface area (Å²) in [6, 6.07) is 3.65. The lowest BCUT2D eigenvalue weighted by Gasteiger charge is -2.44. The fraction of sp³-hybridized carbons (Fsp3) is 0.625. The van der Waals surface area contributed by atoms with Crippen LogP contribution >= 0.6 is 0 Å². The Bertz CT molecular complexity index is 483. The van der Waals surface area contributed by atoms with E-state index in [1.165, 1.54) is 0 Å². The van der Waals surface area contributed by atoms with Crippen molar-refractivity contribution in [2.24, 2.45) is 5.41 Å². The second-order valence-corrected chi connectivity index (χ2v) is 5.97. The van der Waals surface area contributed by atoms with Gasteiger partial charge in [-0.1, -0.05) is 13.3 Å². The van der Waals surface area contributed by atoms with E-state index >= 15 is 0 Å². The number of aliphatic hydroxyl groups is 2. The second kappa shape index (κ2) is 7.56. The molecule has 0 aliphatic carbocycles. The molecule has 1 aliphatic heterocycles. The number of piperidine rings is 1. The Morgan fingerprint density at radius 3 is 3.00 bits per heavy atom. The van der Waals surface area contributed by atoms with Crippen molar-refractivity contribution in [3.63, 3.8) is 0 Å². The zero-order chi connectivity index (χ0) is 16.0. The van der Waals surface area contributed by atoms with Crippen LogP contribution in [-0.2, 0) is 4.79 Å². The monoisotopic (exact) mass is 307 g/mol. The predicted octanol–water partition coefficient (Wildman–Crippen LogP) is 0.865. The molecule has 0 spiro atoms. The van der Waals surface area contributed by atoms with Gasteiger partial charge in [-0.25, -0.2) is 0 Å². The Balaban J connectivity index is 1.88. The Kier molecular flexibility index (Phi) is 5.74. The van der Waals surface area contributed by atoms with Gasteiger partial charge in [-0.3, -0.25) is 9.78 Å². The van der Waals surface area contributed by atoms with Crippen molar-refractivity contribution >= 4 is 11.6 Å². The number of β-amino-alcohol motifs (C(OH)–C–C–N with tert-alkyl or cyclic N) is 1. The molecule has 0 bridgehead atoms. The number of rotatable bonds is 6. The lowest BCUT2D eigenvalue weighted by atomic mass is 9.73. The SMILES string of the molecule is CCC[C@]1(CO)CCN(C(=O)CNc2cccnc2)C[C@@H]1O. The van der Waals surface area contributed by atoms with Gasteiger partial charge >= 0.3 is 0 Å². The highest BCUT2D eigenvalue weighted by molar-refractivity contribution is 5.81. The van der Waals surface area contributed by atoms with Gasteiger partial charge in [0.1, 0.15) is 0 Å². The van der Waals surface area contributed by atoms with Gasteiger partial charge in [-0.2, -0.15) is 0 Å². The van der Waals surface area contributed by atoms with Crippen LogP contribution in [0.25, 0.3) is 0 Å². The van der Waals surface area contributed by atoms with Crippen molar-refractivity contribution < 1.29 is 15.0 Å². The van der Waals surface area contributed by atoms with E-state index in [9.17, 15) is 15.0 Å². The number of nitrogens with one attached hydrogen (secondary N) is 1. The van der Waals surface area contributed by atoms with E-state index in [-0.39, 0.29) is 25.6 Å². The molecule has 0 aromatic carbocycles. The van der Waals surface area contributed by atoms with Gasteiger partial charge in [-0.15, -0.1) is 0 Å². The first kappa shape index (κ1) is 16.7. The lowest BCUT2D eigenvalue weighted by Crippen LogP contribution is -2.55. The van der Waals surface area contributed by atoms with Gasteiger partial charge in [0.25, 0.3) is 0 Å². The largest absolute Gasteiger partial charge is 0.396 e. The molecule has 2 rings (SSSR count). The minimum absolute atomic E-state index is 0.0298. The Morgan fingerprint density at radius 2 is 2.41 bits per heavy atom. The van der Waals surface area contributed by atoms with Crippen LogP contribution in [0, 0.1) is 5.41 Å². The number of nitrogens with zero attached hydrogens (tertiary/aromatic N) is 2. The van der Waals surface area contributed by atoms with Crippen molar-refractivity contribution in [1.29, 1.82) is 0 Å². The summed E-state index contributed by atoms with van der Waals surface area (Å²) in [5.74, 6) is -0.0501. The van der Waals surface area contributed by atoms with Crippen molar-refractivity contribution in [3.8, 4) is 0 Å². The number of aromatic nitrogens is 1. The van der Waals surface area contributed by atoms with Gasteiger partial charge < -0.3 is 20.4 Å². The summed E-state index contributed by atoms with van der Waals surface area (Å²) in [6.07, 6.45) is 4.99. The van der Waals surface area contributed by atoms with E-state index in [0.717, 1.165) is 18.5 Å². The topological polar surface area (TPSA) is 85.7 Å². The summed E-state index contributed by atoms with van der Waals surface area (Å²) in [4.78, 5) is 17.9. The minimum Gasteiger partial charge on any atom is -0.396 e. The fourth-order valence-corrected chi connectivity index (χ4v) is 3.05. The highest BCUT2D eigenvalue weighted by Crippen LogP contribution is 2.36. The van der Waals surface area contributed by atoms with Crippen LogP contribution in [0.2, 0.25) is 0 Å². The van der Waals surface area contributed by atoms with Gasteiger partial charge in [0, 0.05) is 30.9 Å². The van der Waals surface area contributed by atoms with E-state index in [2.05, 4.69) is 10.3 Å². The zero-order valence-corrected chi connectivity index (χ0v) is 13.0. The summed E-state index contributed by atoms with van der Waals surface area (Å²) in [6.45, 7) is 3.05. The smallest absolute Gasteiger partial charge is 0.241 e. The molecule has 0 unspecified atom stereocenters. The van der Waals surface area contributed by atoms with Gasteiger partial charge in [0.05, 0.1) is 24.9 Å². The average molecular weight is 307 g/mol. The van der Waals surface area contributed by atoms with E-state index in [1.807, 2.05) is 13.0 Å². The van der Waals surface area contributed by atoms with Crippen LogP contribution in [0.5, 0.6) is 0 Å². The maximum Gasteiger partial charge on any atom is 0.241 e. The van der Waals surface area contributed by atoms with Gasteiger partial charge in [0.15, 0.2) is 0 Å². The van der Waals surface area contributed by atoms with Crippen LogP contribution in [0.15, 0.2) is 24.5 Å². The third-order valence-corrected chi connectivity index (χ3v) is 4.50. The summed E-state index contributed by atoms with van der Waals surface area (Å²) >= 11 is 0. The normalized spacial score (nSPS) is 25.0. The van der Waals surface area contributed by atoms with Crippen LogP contribution in [0.1, 0.15) is 26.2 Å². The number of amides is 1. The fourth-order valence-electron chi connectivity index (χ4n) is 3.05. The van der Waals surface area contributed by atoms with Gasteiger partial charge in [0.2, 0.25) is 5.91 Å². The third-order valence-electron chi connectivity index (χ3n) is 4.50. The van der Waals surface area contributed by atoms with Crippen LogP contribution < -0.4 is 5.32 Å². The number of aliphatic hydroxyl groups excluding tert-OH is 2. The molecule has 122 valence electrons. The first-order valence-corrected chi connectivity index (χ1v) is 7.82. The summed E-state index contributed by atoms with van der Waals surface area (Å²) in [7, 11) is 0. The maximum absolute atomic E-state index is 12.2. The number of pyridine rings is 1. The molecule has 2 atom stereocenters. The Labute approximate surface area is 131 Å². The number of hydrogen-bond donors (Lipinski definition) is 3. The predicted molar refractivity (Wildman–Crippen MR) is 84.4 cm³/mol. The standard InChI is InChI=1S/C16H25N3O3/c1-2-5-16(12-20)6-8-19(11-14(16)21)15(22)10-18-13-4-3-7-17-9-13/h3-4,7,9,14,18,20-21H,2,5-6,8,10-12H2,1H3/t14-,16+/m0/s1. The molecule has 1 fully saturated rings. The minimum atomic E-state index is -0.673. The number of hydrogen-bond acceptors (Lipinski definition) is 5. The van der Waals surface area contributed by atoms with E-state index in [1.54, 1.807) is 23.4 Å². The molecule has 6 nitrogen and oxygen atoms in total. The molecule has 0 saturated carbocycles. The average Bonchev–Trinajstić information content (AvgIpc) is 2.55. The molecule has 1 aliphatic rings. The van der Waals surface area contributed by atoms with Crippen LogP contribution in [0.3, 0.4) is 0 Å². The number of carbonyl (C=O) groups excluding carboxylic acids is 1. The number of anilines is 1. The van der Waals surface area contributed by atoms with Gasteiger partial charge in [-0.05, 0) is 25.0 Å². The molecule has 6 heteroatoms. The van der Waals surface area contributed by atoms with Crippen LogP contribution in [-0.4, -0.2) is 58.3 Å². The van der Waals surface area contributed by atoms with Crippen molar-refractivity contribution in [3.05, 3.63) is 24.5 Å². The maximum atomic E-state index is 12.2. The summed E-state index contributed by atoms with van der Waals surface area (Å²) < 4.78 is 0. The molecule has 1 saturated heterocycles. The van der Waals surface area contributed by atoms with Crippen molar-refractivity contribution in [1.82, 2.24) is 9.88 Å². The quantitative estimate of drug-likeness (QED) is 0.726. The first-order valence-electron chi connectivity index (χ1n) is 7.82. The summed E-state index contributed by atoms with van der Waals surface area (Å²) in [5, 5.41) is 23.0. The van der Waals surface area contributed by atoms with Crippen molar-refractivity contribution in [2.75, 3.05) is 31.6 Å². The number of likely N-dealkylation sites (tertiary alicyclic amines) is 1. The molecule has 22 heavy (non-hydrogen) atoms. The third kappa shape index (κ3) is 3.75. The second-order valence-electron chi connectivity index (χ2n) is 5.97. The van der Waals surface area contributed by atoms with Crippen molar-refractivity contribution in [2.45, 2.75) is 32.3 Å². The highest BCUT2D eigenvalue weighted by atomic mass is 16.3. The Hall–Kier alpha value is -1.66. The summed E-state index contributed by atoms with van der Waals surface area (Å²) in [5.41, 5.74) is 0.339. The Morgan fingerprint density at radius 1 is 1.59 bits per heavy atom. The molecule has 3 N–H and O–H groups in total. The highest BCUT2D eigenvalue weighted by Gasteiger charge is 2.42. The van der Waals surface area contributed by atoms with Crippen LogP contribution in [0.4, 0.5) is 5.69 Å². The molecular weight excluding hydrogens is 282 g/mol. The first-order chi connectivity index (χ1) is 10.6. The molecule has 2 heterocycles. The lowest BCUT2D eigenvalue weighted by molar-refractivity contribution is -0.140. The van der Waals surface area contributed by atoms with E-state index in [4.69, 9.17) is 0 Å². The molecule has 1 aromatic heterocycles. The number of carbonyl (C=O) groups is 1. The zero-order valence-electron chi connectivity index (χ0n) is 13.0. The van der Waals surface area contributed by atoms with E-state index in [0.29, 0.717) is 13.0 Å². The van der Waals surface area contributed by atoms with E-state index < -0.39 is 11.5 Å².